The molecular formula is C14H12Br2FN. The number of hydrogen-bond acceptors (Lipinski definition) is 1. The minimum Gasteiger partial charge on any atom is -0.324 e. The highest BCUT2D eigenvalue weighted by atomic mass is 79.9. The number of nitrogens with two attached hydrogens (primary N) is 1. The van der Waals surface area contributed by atoms with Crippen molar-refractivity contribution in [3.63, 3.8) is 0 Å². The Bertz CT molecular complexity index is 537. The minimum atomic E-state index is -0.226. The molecule has 0 heterocycles. The molecule has 18 heavy (non-hydrogen) atoms. The predicted molar refractivity (Wildman–Crippen MR) is 78.9 cm³/mol. The van der Waals surface area contributed by atoms with Crippen LogP contribution in [0, 0.1) is 5.82 Å². The summed E-state index contributed by atoms with van der Waals surface area (Å²) >= 11 is 6.84. The third-order valence-corrected chi connectivity index (χ3v) is 3.63. The van der Waals surface area contributed by atoms with Crippen molar-refractivity contribution in [1.82, 2.24) is 0 Å². The summed E-state index contributed by atoms with van der Waals surface area (Å²) in [7, 11) is 0. The molecule has 0 radical (unpaired) electrons. The van der Waals surface area contributed by atoms with Crippen molar-refractivity contribution in [1.29, 1.82) is 0 Å². The third kappa shape index (κ3) is 3.40. The van der Waals surface area contributed by atoms with Gasteiger partial charge in [-0.15, -0.1) is 0 Å². The fourth-order valence-electron chi connectivity index (χ4n) is 1.81. The molecule has 94 valence electrons. The van der Waals surface area contributed by atoms with Gasteiger partial charge in [0.1, 0.15) is 5.82 Å². The summed E-state index contributed by atoms with van der Waals surface area (Å²) in [5, 5.41) is 0. The Labute approximate surface area is 122 Å². The van der Waals surface area contributed by atoms with Crippen molar-refractivity contribution < 1.29 is 4.39 Å². The Morgan fingerprint density at radius 3 is 2.28 bits per heavy atom. The first-order chi connectivity index (χ1) is 8.56. The maximum Gasteiger partial charge on any atom is 0.126 e. The zero-order chi connectivity index (χ0) is 13.1. The molecule has 2 aromatic carbocycles. The Hall–Kier alpha value is -0.710. The zero-order valence-electron chi connectivity index (χ0n) is 9.54. The predicted octanol–water partition coefficient (Wildman–Crippen LogP) is 4.59. The molecule has 0 aliphatic rings. The van der Waals surface area contributed by atoms with Gasteiger partial charge >= 0.3 is 0 Å². The van der Waals surface area contributed by atoms with Crippen LogP contribution in [-0.2, 0) is 6.42 Å². The summed E-state index contributed by atoms with van der Waals surface area (Å²) in [4.78, 5) is 0. The second-order valence-electron chi connectivity index (χ2n) is 4.10. The van der Waals surface area contributed by atoms with Gasteiger partial charge in [-0.2, -0.15) is 0 Å². The van der Waals surface area contributed by atoms with Gasteiger partial charge in [-0.3, -0.25) is 0 Å². The summed E-state index contributed by atoms with van der Waals surface area (Å²) in [6, 6.07) is 12.4. The standard InChI is InChI=1S/C14H12Br2FN/c15-11-5-10(6-12(16)8-11)14(18)7-9-3-1-2-4-13(9)17/h1-6,8,14H,7,18H2. The second-order valence-corrected chi connectivity index (χ2v) is 5.94. The van der Waals surface area contributed by atoms with Crippen LogP contribution in [0.5, 0.6) is 0 Å². The maximum absolute atomic E-state index is 13.6. The van der Waals surface area contributed by atoms with Crippen molar-refractivity contribution in [2.45, 2.75) is 12.5 Å². The topological polar surface area (TPSA) is 26.0 Å². The summed E-state index contributed by atoms with van der Waals surface area (Å²) in [5.41, 5.74) is 7.74. The molecular weight excluding hydrogens is 361 g/mol. The van der Waals surface area contributed by atoms with E-state index in [1.165, 1.54) is 6.07 Å². The lowest BCUT2D eigenvalue weighted by Crippen LogP contribution is -2.14. The lowest BCUT2D eigenvalue weighted by atomic mass is 9.99. The third-order valence-electron chi connectivity index (χ3n) is 2.71. The van der Waals surface area contributed by atoms with E-state index >= 15 is 0 Å². The van der Waals surface area contributed by atoms with Gasteiger partial charge in [0, 0.05) is 15.0 Å². The molecule has 2 N–H and O–H groups in total. The van der Waals surface area contributed by atoms with Gasteiger partial charge in [-0.25, -0.2) is 4.39 Å². The van der Waals surface area contributed by atoms with E-state index in [0.717, 1.165) is 14.5 Å². The molecule has 1 unspecified atom stereocenters. The quantitative estimate of drug-likeness (QED) is 0.837. The number of benzene rings is 2. The van der Waals surface area contributed by atoms with Crippen molar-refractivity contribution >= 4 is 31.9 Å². The van der Waals surface area contributed by atoms with Crippen LogP contribution in [0.15, 0.2) is 51.4 Å². The lowest BCUT2D eigenvalue weighted by molar-refractivity contribution is 0.593. The highest BCUT2D eigenvalue weighted by Crippen LogP contribution is 2.25. The average Bonchev–Trinajstić information content (AvgIpc) is 2.31. The van der Waals surface area contributed by atoms with Crippen LogP contribution >= 0.6 is 31.9 Å². The summed E-state index contributed by atoms with van der Waals surface area (Å²) < 4.78 is 15.5. The molecule has 0 aromatic heterocycles. The second kappa shape index (κ2) is 5.95. The molecule has 0 spiro atoms. The van der Waals surface area contributed by atoms with Gasteiger partial charge in [0.2, 0.25) is 0 Å². The van der Waals surface area contributed by atoms with E-state index < -0.39 is 0 Å². The molecule has 0 fully saturated rings. The first-order valence-electron chi connectivity index (χ1n) is 5.51. The van der Waals surface area contributed by atoms with E-state index in [9.17, 15) is 4.39 Å². The maximum atomic E-state index is 13.6. The van der Waals surface area contributed by atoms with Crippen LogP contribution < -0.4 is 5.73 Å². The SMILES string of the molecule is NC(Cc1ccccc1F)c1cc(Br)cc(Br)c1. The number of hydrogen-bond donors (Lipinski definition) is 1. The summed E-state index contributed by atoms with van der Waals surface area (Å²) in [6.07, 6.45) is 0.482. The Morgan fingerprint density at radius 2 is 1.67 bits per heavy atom. The van der Waals surface area contributed by atoms with Crippen LogP contribution in [0.2, 0.25) is 0 Å². The van der Waals surface area contributed by atoms with Gasteiger partial charge < -0.3 is 5.73 Å². The minimum absolute atomic E-state index is 0.206. The van der Waals surface area contributed by atoms with E-state index in [0.29, 0.717) is 12.0 Å². The van der Waals surface area contributed by atoms with Crippen molar-refractivity contribution in [2.75, 3.05) is 0 Å². The first-order valence-corrected chi connectivity index (χ1v) is 7.10. The van der Waals surface area contributed by atoms with E-state index in [4.69, 9.17) is 5.73 Å². The zero-order valence-corrected chi connectivity index (χ0v) is 12.7. The highest BCUT2D eigenvalue weighted by Gasteiger charge is 2.11. The van der Waals surface area contributed by atoms with Crippen LogP contribution in [0.4, 0.5) is 4.39 Å². The average molecular weight is 373 g/mol. The molecule has 0 amide bonds. The Balaban J connectivity index is 2.22. The van der Waals surface area contributed by atoms with Crippen LogP contribution in [0.25, 0.3) is 0 Å². The van der Waals surface area contributed by atoms with E-state index in [1.807, 2.05) is 24.3 Å². The highest BCUT2D eigenvalue weighted by molar-refractivity contribution is 9.11. The van der Waals surface area contributed by atoms with E-state index in [2.05, 4.69) is 31.9 Å². The number of rotatable bonds is 3. The van der Waals surface area contributed by atoms with Crippen LogP contribution in [-0.4, -0.2) is 0 Å². The van der Waals surface area contributed by atoms with E-state index in [1.54, 1.807) is 12.1 Å². The van der Waals surface area contributed by atoms with E-state index in [-0.39, 0.29) is 11.9 Å². The van der Waals surface area contributed by atoms with Crippen molar-refractivity contribution in [3.8, 4) is 0 Å². The Kier molecular flexibility index (Phi) is 4.54. The molecule has 0 bridgehead atoms. The van der Waals surface area contributed by atoms with Gasteiger partial charge in [0.25, 0.3) is 0 Å². The van der Waals surface area contributed by atoms with Crippen LogP contribution in [0.1, 0.15) is 17.2 Å². The Morgan fingerprint density at radius 1 is 1.06 bits per heavy atom. The lowest BCUT2D eigenvalue weighted by Gasteiger charge is -2.13. The molecule has 0 saturated heterocycles. The molecule has 0 saturated carbocycles. The molecule has 4 heteroatoms. The molecule has 1 nitrogen and oxygen atoms in total. The molecule has 1 atom stereocenters. The molecule has 0 aliphatic heterocycles. The van der Waals surface area contributed by atoms with Gasteiger partial charge in [0.05, 0.1) is 0 Å². The van der Waals surface area contributed by atoms with Crippen molar-refractivity contribution in [3.05, 3.63) is 68.4 Å². The monoisotopic (exact) mass is 371 g/mol. The summed E-state index contributed by atoms with van der Waals surface area (Å²) in [5.74, 6) is -0.206. The first kappa shape index (κ1) is 13.7. The fourth-order valence-corrected chi connectivity index (χ4v) is 3.14. The van der Waals surface area contributed by atoms with Gasteiger partial charge in [-0.1, -0.05) is 50.1 Å². The van der Waals surface area contributed by atoms with Crippen LogP contribution in [0.3, 0.4) is 0 Å². The van der Waals surface area contributed by atoms with Gasteiger partial charge in [-0.05, 0) is 41.8 Å². The smallest absolute Gasteiger partial charge is 0.126 e. The number of halogens is 3. The van der Waals surface area contributed by atoms with Gasteiger partial charge in [0.15, 0.2) is 0 Å². The summed E-state index contributed by atoms with van der Waals surface area (Å²) in [6.45, 7) is 0. The fraction of sp³-hybridized carbons (Fsp3) is 0.143. The van der Waals surface area contributed by atoms with Crippen molar-refractivity contribution in [2.24, 2.45) is 5.73 Å². The normalized spacial score (nSPS) is 12.4. The molecule has 0 aliphatic carbocycles. The molecule has 2 rings (SSSR count). The molecule has 2 aromatic rings. The largest absolute Gasteiger partial charge is 0.324 e.